The van der Waals surface area contributed by atoms with Crippen LogP contribution in [0.15, 0.2) is 48.8 Å². The molecule has 0 aliphatic heterocycles. The van der Waals surface area contributed by atoms with Crippen LogP contribution in [0.4, 0.5) is 28.7 Å². The topological polar surface area (TPSA) is 119 Å². The lowest BCUT2D eigenvalue weighted by Crippen LogP contribution is -2.07. The fraction of sp³-hybridized carbons (Fsp3) is 0.190. The summed E-state index contributed by atoms with van der Waals surface area (Å²) in [7, 11) is 0. The molecule has 9 nitrogen and oxygen atoms in total. The third-order valence-corrected chi connectivity index (χ3v) is 4.28. The Morgan fingerprint density at radius 2 is 1.83 bits per heavy atom. The van der Waals surface area contributed by atoms with Gasteiger partial charge in [0.15, 0.2) is 0 Å². The van der Waals surface area contributed by atoms with Crippen LogP contribution in [0.25, 0.3) is 0 Å². The predicted molar refractivity (Wildman–Crippen MR) is 114 cm³/mol. The third-order valence-electron chi connectivity index (χ3n) is 4.28. The molecule has 2 N–H and O–H groups in total. The summed E-state index contributed by atoms with van der Waals surface area (Å²) in [5.74, 6) is -0.412. The molecule has 0 radical (unpaired) electrons. The molecule has 0 atom stereocenters. The quantitative estimate of drug-likeness (QED) is 0.329. The minimum absolute atomic E-state index is 0.00303. The van der Waals surface area contributed by atoms with Crippen LogP contribution in [0.5, 0.6) is 0 Å². The molecule has 0 spiro atoms. The van der Waals surface area contributed by atoms with Gasteiger partial charge in [-0.15, -0.1) is 0 Å². The Morgan fingerprint density at radius 3 is 2.50 bits per heavy atom. The first-order valence-corrected chi connectivity index (χ1v) is 9.27. The van der Waals surface area contributed by atoms with Crippen molar-refractivity contribution in [2.75, 3.05) is 17.2 Å². The van der Waals surface area contributed by atoms with Crippen molar-refractivity contribution in [2.24, 2.45) is 0 Å². The second kappa shape index (κ2) is 8.99. The summed E-state index contributed by atoms with van der Waals surface area (Å²) in [4.78, 5) is 31.3. The lowest BCUT2D eigenvalue weighted by Gasteiger charge is -2.12. The standard InChI is InChI=1S/C21H21N5O4/c1-4-30-21(27)15-6-5-7-16(11-15)24-19-18(26(28)29)20(23-12-22-19)25-17-9-8-13(2)10-14(17)3/h5-12H,4H2,1-3H3,(H2,22,23,24,25). The van der Waals surface area contributed by atoms with Gasteiger partial charge in [-0.3, -0.25) is 10.1 Å². The lowest BCUT2D eigenvalue weighted by molar-refractivity contribution is -0.383. The first-order chi connectivity index (χ1) is 14.4. The minimum atomic E-state index is -0.552. The van der Waals surface area contributed by atoms with Gasteiger partial charge in [-0.1, -0.05) is 23.8 Å². The van der Waals surface area contributed by atoms with Crippen LogP contribution < -0.4 is 10.6 Å². The number of aromatic nitrogens is 2. The zero-order chi connectivity index (χ0) is 21.7. The van der Waals surface area contributed by atoms with E-state index in [9.17, 15) is 14.9 Å². The van der Waals surface area contributed by atoms with Crippen LogP contribution in [-0.2, 0) is 4.74 Å². The monoisotopic (exact) mass is 407 g/mol. The first kappa shape index (κ1) is 20.7. The largest absolute Gasteiger partial charge is 0.462 e. The average molecular weight is 407 g/mol. The van der Waals surface area contributed by atoms with E-state index in [1.54, 1.807) is 31.2 Å². The maximum Gasteiger partial charge on any atom is 0.353 e. The second-order valence-corrected chi connectivity index (χ2v) is 6.55. The molecule has 1 aromatic heterocycles. The summed E-state index contributed by atoms with van der Waals surface area (Å²) >= 11 is 0. The van der Waals surface area contributed by atoms with E-state index in [4.69, 9.17) is 4.74 Å². The van der Waals surface area contributed by atoms with E-state index >= 15 is 0 Å². The Hall–Kier alpha value is -4.01. The number of ether oxygens (including phenoxy) is 1. The molecule has 3 rings (SSSR count). The van der Waals surface area contributed by atoms with Crippen molar-refractivity contribution in [1.82, 2.24) is 9.97 Å². The van der Waals surface area contributed by atoms with Crippen molar-refractivity contribution in [3.8, 4) is 0 Å². The van der Waals surface area contributed by atoms with Gasteiger partial charge < -0.3 is 15.4 Å². The summed E-state index contributed by atoms with van der Waals surface area (Å²) in [6, 6.07) is 12.2. The normalized spacial score (nSPS) is 10.4. The van der Waals surface area contributed by atoms with Crippen molar-refractivity contribution in [1.29, 1.82) is 0 Å². The van der Waals surface area contributed by atoms with Crippen LogP contribution >= 0.6 is 0 Å². The van der Waals surface area contributed by atoms with Crippen molar-refractivity contribution >= 4 is 34.7 Å². The van der Waals surface area contributed by atoms with E-state index in [0.29, 0.717) is 16.9 Å². The number of hydrogen-bond acceptors (Lipinski definition) is 8. The number of nitrogens with zero attached hydrogens (tertiary/aromatic N) is 3. The summed E-state index contributed by atoms with van der Waals surface area (Å²) in [6.07, 6.45) is 1.23. The molecule has 0 aliphatic rings. The highest BCUT2D eigenvalue weighted by molar-refractivity contribution is 5.91. The molecule has 0 unspecified atom stereocenters. The predicted octanol–water partition coefficient (Wildman–Crippen LogP) is 4.67. The summed E-state index contributed by atoms with van der Waals surface area (Å²) in [5, 5.41) is 17.7. The fourth-order valence-corrected chi connectivity index (χ4v) is 2.89. The maximum atomic E-state index is 11.9. The molecule has 1 heterocycles. The Kier molecular flexibility index (Phi) is 6.21. The number of hydrogen-bond donors (Lipinski definition) is 2. The molecule has 0 saturated carbocycles. The lowest BCUT2D eigenvalue weighted by atomic mass is 10.1. The second-order valence-electron chi connectivity index (χ2n) is 6.55. The molecule has 0 bridgehead atoms. The molecule has 0 fully saturated rings. The molecule has 0 saturated heterocycles. The van der Waals surface area contributed by atoms with Gasteiger partial charge in [-0.2, -0.15) is 0 Å². The number of nitro groups is 1. The van der Waals surface area contributed by atoms with Gasteiger partial charge in [0.25, 0.3) is 0 Å². The Morgan fingerprint density at radius 1 is 1.10 bits per heavy atom. The van der Waals surface area contributed by atoms with E-state index in [-0.39, 0.29) is 23.9 Å². The van der Waals surface area contributed by atoms with Gasteiger partial charge in [0.2, 0.25) is 11.6 Å². The molecule has 30 heavy (non-hydrogen) atoms. The molecular weight excluding hydrogens is 386 g/mol. The van der Waals surface area contributed by atoms with Gasteiger partial charge >= 0.3 is 11.7 Å². The van der Waals surface area contributed by atoms with E-state index in [2.05, 4.69) is 20.6 Å². The van der Waals surface area contributed by atoms with E-state index in [1.807, 2.05) is 32.0 Å². The number of carbonyl (C=O) groups is 1. The number of benzene rings is 2. The minimum Gasteiger partial charge on any atom is -0.462 e. The molecule has 0 amide bonds. The van der Waals surface area contributed by atoms with Crippen molar-refractivity contribution < 1.29 is 14.5 Å². The van der Waals surface area contributed by atoms with Gasteiger partial charge in [0.1, 0.15) is 6.33 Å². The number of rotatable bonds is 7. The first-order valence-electron chi connectivity index (χ1n) is 9.27. The van der Waals surface area contributed by atoms with Crippen LogP contribution in [0.2, 0.25) is 0 Å². The van der Waals surface area contributed by atoms with Crippen LogP contribution in [-0.4, -0.2) is 27.5 Å². The number of anilines is 4. The molecule has 9 heteroatoms. The van der Waals surface area contributed by atoms with Crippen molar-refractivity contribution in [3.63, 3.8) is 0 Å². The molecule has 0 aliphatic carbocycles. The third kappa shape index (κ3) is 4.69. The van der Waals surface area contributed by atoms with E-state index in [1.165, 1.54) is 6.33 Å². The molecule has 2 aromatic carbocycles. The van der Waals surface area contributed by atoms with E-state index in [0.717, 1.165) is 11.1 Å². The van der Waals surface area contributed by atoms with Gasteiger partial charge in [0.05, 0.1) is 17.1 Å². The van der Waals surface area contributed by atoms with Crippen molar-refractivity contribution in [3.05, 3.63) is 75.6 Å². The summed E-state index contributed by atoms with van der Waals surface area (Å²) < 4.78 is 4.99. The highest BCUT2D eigenvalue weighted by atomic mass is 16.6. The van der Waals surface area contributed by atoms with Gasteiger partial charge in [-0.25, -0.2) is 14.8 Å². The van der Waals surface area contributed by atoms with Gasteiger partial charge in [-0.05, 0) is 50.6 Å². The highest BCUT2D eigenvalue weighted by Crippen LogP contribution is 2.33. The zero-order valence-corrected chi connectivity index (χ0v) is 16.8. The molecule has 3 aromatic rings. The van der Waals surface area contributed by atoms with Gasteiger partial charge in [0, 0.05) is 11.4 Å². The smallest absolute Gasteiger partial charge is 0.353 e. The summed E-state index contributed by atoms with van der Waals surface area (Å²) in [6.45, 7) is 5.84. The number of nitrogens with one attached hydrogen (secondary N) is 2. The number of carbonyl (C=O) groups excluding carboxylic acids is 1. The number of aryl methyl sites for hydroxylation is 2. The van der Waals surface area contributed by atoms with Crippen LogP contribution in [0, 0.1) is 24.0 Å². The Labute approximate surface area is 173 Å². The summed E-state index contributed by atoms with van der Waals surface area (Å²) in [5.41, 5.74) is 3.20. The Balaban J connectivity index is 1.94. The highest BCUT2D eigenvalue weighted by Gasteiger charge is 2.24. The maximum absolute atomic E-state index is 11.9. The fourth-order valence-electron chi connectivity index (χ4n) is 2.89. The Bertz CT molecular complexity index is 1100. The van der Waals surface area contributed by atoms with Crippen LogP contribution in [0.3, 0.4) is 0 Å². The SMILES string of the molecule is CCOC(=O)c1cccc(Nc2ncnc(Nc3ccc(C)cc3C)c2[N+](=O)[O-])c1. The van der Waals surface area contributed by atoms with Crippen molar-refractivity contribution in [2.45, 2.75) is 20.8 Å². The molecule has 154 valence electrons. The average Bonchev–Trinajstić information content (AvgIpc) is 2.70. The van der Waals surface area contributed by atoms with Crippen LogP contribution in [0.1, 0.15) is 28.4 Å². The van der Waals surface area contributed by atoms with E-state index < -0.39 is 10.9 Å². The number of esters is 1. The molecular formula is C21H21N5O4. The zero-order valence-electron chi connectivity index (χ0n) is 16.8.